The minimum atomic E-state index is 0.640. The summed E-state index contributed by atoms with van der Waals surface area (Å²) in [5.74, 6) is 0.721. The molecule has 2 nitrogen and oxygen atoms in total. The topological polar surface area (TPSA) is 24.4 Å². The highest BCUT2D eigenvalue weighted by atomic mass is 15.0. The van der Waals surface area contributed by atoms with Crippen LogP contribution in [-0.4, -0.2) is 24.8 Å². The number of hydrogen-bond donors (Lipinski definition) is 1. The Morgan fingerprint density at radius 2 is 2.27 bits per heavy atom. The zero-order valence-corrected chi connectivity index (χ0v) is 7.72. The summed E-state index contributed by atoms with van der Waals surface area (Å²) >= 11 is 0. The Morgan fingerprint density at radius 1 is 1.55 bits per heavy atom. The Labute approximate surface area is 69.1 Å². The van der Waals surface area contributed by atoms with Crippen molar-refractivity contribution in [3.05, 3.63) is 0 Å². The summed E-state index contributed by atoms with van der Waals surface area (Å²) in [7, 11) is 0. The number of rotatable bonds is 1. The Balaban J connectivity index is 2.49. The third-order valence-corrected chi connectivity index (χ3v) is 2.22. The fourth-order valence-electron chi connectivity index (χ4n) is 1.42. The van der Waals surface area contributed by atoms with E-state index in [1.54, 1.807) is 0 Å². The highest BCUT2D eigenvalue weighted by Gasteiger charge is 2.15. The van der Waals surface area contributed by atoms with Crippen LogP contribution in [0.25, 0.3) is 0 Å². The molecule has 0 radical (unpaired) electrons. The molecule has 2 heteroatoms. The molecule has 1 aliphatic rings. The lowest BCUT2D eigenvalue weighted by Crippen LogP contribution is -2.34. The van der Waals surface area contributed by atoms with E-state index in [0.717, 1.165) is 25.4 Å². The van der Waals surface area contributed by atoms with Crippen LogP contribution < -0.4 is 5.32 Å². The molecule has 0 amide bonds. The van der Waals surface area contributed by atoms with E-state index in [1.165, 1.54) is 5.71 Å². The van der Waals surface area contributed by atoms with Gasteiger partial charge in [0.2, 0.25) is 0 Å². The van der Waals surface area contributed by atoms with Gasteiger partial charge in [0.05, 0.1) is 6.54 Å². The number of nitrogens with zero attached hydrogens (tertiary/aromatic N) is 1. The second-order valence-electron chi connectivity index (χ2n) is 3.63. The molecule has 1 heterocycles. The first-order valence-corrected chi connectivity index (χ1v) is 4.43. The summed E-state index contributed by atoms with van der Waals surface area (Å²) in [5.41, 5.74) is 1.30. The van der Waals surface area contributed by atoms with Crippen LogP contribution in [0.15, 0.2) is 4.99 Å². The number of aliphatic imine (C=N–C) groups is 1. The fourth-order valence-corrected chi connectivity index (χ4v) is 1.42. The lowest BCUT2D eigenvalue weighted by Gasteiger charge is -2.19. The van der Waals surface area contributed by atoms with Gasteiger partial charge >= 0.3 is 0 Å². The van der Waals surface area contributed by atoms with Crippen molar-refractivity contribution in [2.75, 3.05) is 13.1 Å². The van der Waals surface area contributed by atoms with Crippen LogP contribution in [0.4, 0.5) is 0 Å². The van der Waals surface area contributed by atoms with E-state index >= 15 is 0 Å². The molecule has 1 atom stereocenters. The molecule has 0 saturated heterocycles. The van der Waals surface area contributed by atoms with Gasteiger partial charge < -0.3 is 5.32 Å². The van der Waals surface area contributed by atoms with Gasteiger partial charge in [-0.05, 0) is 12.8 Å². The zero-order chi connectivity index (χ0) is 8.27. The van der Waals surface area contributed by atoms with Crippen molar-refractivity contribution in [2.45, 2.75) is 33.2 Å². The maximum Gasteiger partial charge on any atom is 0.0513 e. The molecule has 0 aliphatic carbocycles. The lowest BCUT2D eigenvalue weighted by molar-refractivity contribution is 0.420. The van der Waals surface area contributed by atoms with Crippen molar-refractivity contribution >= 4 is 5.71 Å². The van der Waals surface area contributed by atoms with Crippen molar-refractivity contribution in [2.24, 2.45) is 10.9 Å². The van der Waals surface area contributed by atoms with Crippen molar-refractivity contribution in [3.8, 4) is 0 Å². The summed E-state index contributed by atoms with van der Waals surface area (Å²) < 4.78 is 0. The van der Waals surface area contributed by atoms with Gasteiger partial charge in [0, 0.05) is 24.7 Å². The molecule has 0 saturated carbocycles. The molecule has 1 aliphatic heterocycles. The molecule has 1 rings (SSSR count). The highest BCUT2D eigenvalue weighted by Crippen LogP contribution is 2.08. The summed E-state index contributed by atoms with van der Waals surface area (Å²) in [6.07, 6.45) is 1.12. The third-order valence-electron chi connectivity index (χ3n) is 2.22. The fraction of sp³-hybridized carbons (Fsp3) is 0.889. The third kappa shape index (κ3) is 2.62. The minimum Gasteiger partial charge on any atom is -0.312 e. The molecule has 0 aromatic rings. The van der Waals surface area contributed by atoms with E-state index in [0.29, 0.717) is 6.04 Å². The first-order chi connectivity index (χ1) is 5.20. The van der Waals surface area contributed by atoms with Crippen molar-refractivity contribution in [1.82, 2.24) is 5.32 Å². The quantitative estimate of drug-likeness (QED) is 0.607. The zero-order valence-electron chi connectivity index (χ0n) is 7.72. The van der Waals surface area contributed by atoms with Crippen LogP contribution in [0.2, 0.25) is 0 Å². The molecule has 0 fully saturated rings. The Morgan fingerprint density at radius 3 is 2.91 bits per heavy atom. The van der Waals surface area contributed by atoms with E-state index in [4.69, 9.17) is 0 Å². The van der Waals surface area contributed by atoms with E-state index < -0.39 is 0 Å². The average molecular weight is 154 g/mol. The molecule has 0 aromatic carbocycles. The second kappa shape index (κ2) is 3.86. The van der Waals surface area contributed by atoms with Crippen molar-refractivity contribution in [1.29, 1.82) is 0 Å². The van der Waals surface area contributed by atoms with E-state index in [2.05, 4.69) is 31.1 Å². The first kappa shape index (κ1) is 8.72. The summed E-state index contributed by atoms with van der Waals surface area (Å²) in [4.78, 5) is 4.41. The molecular formula is C9H18N2. The Bertz CT molecular complexity index is 150. The van der Waals surface area contributed by atoms with Gasteiger partial charge in [-0.1, -0.05) is 13.8 Å². The van der Waals surface area contributed by atoms with Crippen LogP contribution in [0.3, 0.4) is 0 Å². The monoisotopic (exact) mass is 154 g/mol. The van der Waals surface area contributed by atoms with Crippen molar-refractivity contribution < 1.29 is 0 Å². The lowest BCUT2D eigenvalue weighted by atomic mass is 9.99. The molecule has 0 bridgehead atoms. The van der Waals surface area contributed by atoms with Crippen LogP contribution in [0.1, 0.15) is 27.2 Å². The van der Waals surface area contributed by atoms with E-state index in [1.807, 2.05) is 0 Å². The van der Waals surface area contributed by atoms with Crippen LogP contribution >= 0.6 is 0 Å². The van der Waals surface area contributed by atoms with Crippen molar-refractivity contribution in [3.63, 3.8) is 0 Å². The van der Waals surface area contributed by atoms with Gasteiger partial charge in [0.15, 0.2) is 0 Å². The van der Waals surface area contributed by atoms with E-state index in [9.17, 15) is 0 Å². The SMILES string of the molecule is CC1=NCCNC(C(C)C)C1. The highest BCUT2D eigenvalue weighted by molar-refractivity contribution is 5.82. The van der Waals surface area contributed by atoms with Gasteiger partial charge in [0.25, 0.3) is 0 Å². The molecule has 0 spiro atoms. The summed E-state index contributed by atoms with van der Waals surface area (Å²) in [6.45, 7) is 8.64. The molecule has 11 heavy (non-hydrogen) atoms. The van der Waals surface area contributed by atoms with Gasteiger partial charge in [0.1, 0.15) is 0 Å². The van der Waals surface area contributed by atoms with Crippen LogP contribution in [-0.2, 0) is 0 Å². The maximum atomic E-state index is 4.41. The second-order valence-corrected chi connectivity index (χ2v) is 3.63. The smallest absolute Gasteiger partial charge is 0.0513 e. The molecule has 0 aromatic heterocycles. The Kier molecular flexibility index (Phi) is 3.06. The molecule has 1 unspecified atom stereocenters. The Hall–Kier alpha value is -0.370. The normalized spacial score (nSPS) is 26.5. The maximum absolute atomic E-state index is 4.41. The average Bonchev–Trinajstić information content (AvgIpc) is 2.13. The van der Waals surface area contributed by atoms with Gasteiger partial charge in [-0.3, -0.25) is 4.99 Å². The number of hydrogen-bond acceptors (Lipinski definition) is 2. The van der Waals surface area contributed by atoms with Gasteiger partial charge in [-0.15, -0.1) is 0 Å². The number of nitrogens with one attached hydrogen (secondary N) is 1. The molecular weight excluding hydrogens is 136 g/mol. The molecule has 1 N–H and O–H groups in total. The predicted molar refractivity (Wildman–Crippen MR) is 49.2 cm³/mol. The predicted octanol–water partition coefficient (Wildman–Crippen LogP) is 1.47. The largest absolute Gasteiger partial charge is 0.312 e. The van der Waals surface area contributed by atoms with E-state index in [-0.39, 0.29) is 0 Å². The van der Waals surface area contributed by atoms with Crippen LogP contribution in [0, 0.1) is 5.92 Å². The first-order valence-electron chi connectivity index (χ1n) is 4.43. The van der Waals surface area contributed by atoms with Gasteiger partial charge in [-0.2, -0.15) is 0 Å². The standard InChI is InChI=1S/C9H18N2/c1-7(2)9-6-8(3)10-4-5-11-9/h7,9,11H,4-6H2,1-3H3. The minimum absolute atomic E-state index is 0.640. The summed E-state index contributed by atoms with van der Waals surface area (Å²) in [6, 6.07) is 0.640. The van der Waals surface area contributed by atoms with Crippen LogP contribution in [0.5, 0.6) is 0 Å². The van der Waals surface area contributed by atoms with Gasteiger partial charge in [-0.25, -0.2) is 0 Å². The summed E-state index contributed by atoms with van der Waals surface area (Å²) in [5, 5.41) is 3.50. The molecule has 64 valence electrons.